The second kappa shape index (κ2) is 6.58. The van der Waals surface area contributed by atoms with Gasteiger partial charge in [-0.2, -0.15) is 0 Å². The number of aryl methyl sites for hydroxylation is 1. The Balaban J connectivity index is 2.00. The van der Waals surface area contributed by atoms with Crippen LogP contribution in [-0.4, -0.2) is 12.1 Å². The Morgan fingerprint density at radius 1 is 1.42 bits per heavy atom. The van der Waals surface area contributed by atoms with Crippen molar-refractivity contribution in [3.63, 3.8) is 0 Å². The molecule has 1 fully saturated rings. The highest BCUT2D eigenvalue weighted by Gasteiger charge is 2.28. The minimum absolute atomic E-state index is 0.0486. The third-order valence-electron chi connectivity index (χ3n) is 4.17. The number of hydrogen-bond acceptors (Lipinski definition) is 3. The van der Waals surface area contributed by atoms with E-state index in [-0.39, 0.29) is 12.1 Å². The van der Waals surface area contributed by atoms with E-state index in [9.17, 15) is 0 Å². The summed E-state index contributed by atoms with van der Waals surface area (Å²) in [5, 5.41) is 0. The van der Waals surface area contributed by atoms with E-state index in [1.165, 1.54) is 25.7 Å². The molecule has 0 saturated heterocycles. The number of furan rings is 1. The molecule has 3 heteroatoms. The van der Waals surface area contributed by atoms with Crippen LogP contribution in [0.1, 0.15) is 63.6 Å². The van der Waals surface area contributed by atoms with Gasteiger partial charge in [0.1, 0.15) is 17.6 Å². The standard InChI is InChI=1S/C16H27NO2/c1-4-13-6-5-7-14(10-13)19-16(12(3)17)15-9-8-11(2)18-15/h8-9,12-14,16H,4-7,10,17H2,1-3H3. The smallest absolute Gasteiger partial charge is 0.134 e. The fourth-order valence-electron chi connectivity index (χ4n) is 3.00. The van der Waals surface area contributed by atoms with Crippen LogP contribution >= 0.6 is 0 Å². The molecular weight excluding hydrogens is 238 g/mol. The van der Waals surface area contributed by atoms with Crippen LogP contribution in [0.5, 0.6) is 0 Å². The highest BCUT2D eigenvalue weighted by molar-refractivity contribution is 5.10. The molecule has 19 heavy (non-hydrogen) atoms. The van der Waals surface area contributed by atoms with Crippen molar-refractivity contribution in [2.24, 2.45) is 11.7 Å². The van der Waals surface area contributed by atoms with Crippen molar-refractivity contribution in [2.45, 2.75) is 71.1 Å². The topological polar surface area (TPSA) is 48.4 Å². The van der Waals surface area contributed by atoms with Gasteiger partial charge in [0, 0.05) is 6.04 Å². The van der Waals surface area contributed by atoms with Crippen molar-refractivity contribution in [2.75, 3.05) is 0 Å². The van der Waals surface area contributed by atoms with E-state index in [1.54, 1.807) is 0 Å². The first kappa shape index (κ1) is 14.6. The summed E-state index contributed by atoms with van der Waals surface area (Å²) < 4.78 is 12.0. The molecular formula is C16H27NO2. The lowest BCUT2D eigenvalue weighted by atomic mass is 9.85. The fourth-order valence-corrected chi connectivity index (χ4v) is 3.00. The molecule has 3 nitrogen and oxygen atoms in total. The number of rotatable bonds is 5. The quantitative estimate of drug-likeness (QED) is 0.876. The van der Waals surface area contributed by atoms with Crippen LogP contribution in [0.25, 0.3) is 0 Å². The first-order chi connectivity index (χ1) is 9.10. The summed E-state index contributed by atoms with van der Waals surface area (Å²) in [6.07, 6.45) is 6.40. The van der Waals surface area contributed by atoms with E-state index in [0.717, 1.165) is 23.9 Å². The van der Waals surface area contributed by atoms with Gasteiger partial charge < -0.3 is 14.9 Å². The van der Waals surface area contributed by atoms with Crippen LogP contribution < -0.4 is 5.73 Å². The molecule has 2 N–H and O–H groups in total. The lowest BCUT2D eigenvalue weighted by Gasteiger charge is -2.32. The second-order valence-electron chi connectivity index (χ2n) is 5.93. The number of ether oxygens (including phenoxy) is 1. The van der Waals surface area contributed by atoms with E-state index in [1.807, 2.05) is 26.0 Å². The van der Waals surface area contributed by atoms with Gasteiger partial charge in [0.05, 0.1) is 6.10 Å². The third-order valence-corrected chi connectivity index (χ3v) is 4.17. The van der Waals surface area contributed by atoms with Gasteiger partial charge in [-0.3, -0.25) is 0 Å². The van der Waals surface area contributed by atoms with Gasteiger partial charge >= 0.3 is 0 Å². The molecule has 0 aromatic carbocycles. The summed E-state index contributed by atoms with van der Waals surface area (Å²) >= 11 is 0. The Morgan fingerprint density at radius 2 is 2.21 bits per heavy atom. The van der Waals surface area contributed by atoms with Crippen molar-refractivity contribution in [1.82, 2.24) is 0 Å². The maximum absolute atomic E-state index is 6.27. The lowest BCUT2D eigenvalue weighted by molar-refractivity contribution is -0.0596. The van der Waals surface area contributed by atoms with Gasteiger partial charge in [-0.05, 0) is 44.7 Å². The molecule has 4 atom stereocenters. The summed E-state index contributed by atoms with van der Waals surface area (Å²) in [5.41, 5.74) is 6.08. The molecule has 0 amide bonds. The van der Waals surface area contributed by atoms with Crippen molar-refractivity contribution in [3.8, 4) is 0 Å². The summed E-state index contributed by atoms with van der Waals surface area (Å²) in [6, 6.07) is 3.92. The molecule has 0 spiro atoms. The molecule has 1 heterocycles. The predicted molar refractivity (Wildman–Crippen MR) is 77.0 cm³/mol. The van der Waals surface area contributed by atoms with E-state index < -0.39 is 0 Å². The monoisotopic (exact) mass is 265 g/mol. The molecule has 1 saturated carbocycles. The minimum Gasteiger partial charge on any atom is -0.464 e. The zero-order valence-corrected chi connectivity index (χ0v) is 12.4. The van der Waals surface area contributed by atoms with Crippen LogP contribution in [0.2, 0.25) is 0 Å². The van der Waals surface area contributed by atoms with Gasteiger partial charge in [-0.1, -0.05) is 26.2 Å². The highest BCUT2D eigenvalue weighted by Crippen LogP contribution is 2.33. The Hall–Kier alpha value is -0.800. The average Bonchev–Trinajstić information content (AvgIpc) is 2.82. The summed E-state index contributed by atoms with van der Waals surface area (Å²) in [7, 11) is 0. The normalized spacial score (nSPS) is 27.2. The summed E-state index contributed by atoms with van der Waals surface area (Å²) in [4.78, 5) is 0. The zero-order chi connectivity index (χ0) is 13.8. The molecule has 108 valence electrons. The SMILES string of the molecule is CCC1CCCC(OC(c2ccc(C)o2)C(C)N)C1. The molecule has 0 bridgehead atoms. The van der Waals surface area contributed by atoms with Gasteiger partial charge in [-0.25, -0.2) is 0 Å². The van der Waals surface area contributed by atoms with Crippen LogP contribution in [0.3, 0.4) is 0 Å². The first-order valence-electron chi connectivity index (χ1n) is 7.57. The fraction of sp³-hybridized carbons (Fsp3) is 0.750. The Labute approximate surface area is 116 Å². The predicted octanol–water partition coefficient (Wildman–Crippen LogP) is 3.96. The maximum atomic E-state index is 6.27. The van der Waals surface area contributed by atoms with Crippen LogP contribution in [0, 0.1) is 12.8 Å². The van der Waals surface area contributed by atoms with Gasteiger partial charge in [0.25, 0.3) is 0 Å². The first-order valence-corrected chi connectivity index (χ1v) is 7.57. The molecule has 1 aromatic rings. The molecule has 2 rings (SSSR count). The molecule has 1 aliphatic rings. The average molecular weight is 265 g/mol. The highest BCUT2D eigenvalue weighted by atomic mass is 16.5. The number of hydrogen-bond donors (Lipinski definition) is 1. The van der Waals surface area contributed by atoms with Crippen LogP contribution in [-0.2, 0) is 4.74 Å². The Kier molecular flexibility index (Phi) is 5.06. The molecule has 4 unspecified atom stereocenters. The third kappa shape index (κ3) is 3.83. The van der Waals surface area contributed by atoms with E-state index >= 15 is 0 Å². The van der Waals surface area contributed by atoms with Crippen LogP contribution in [0.15, 0.2) is 16.5 Å². The van der Waals surface area contributed by atoms with Crippen LogP contribution in [0.4, 0.5) is 0 Å². The molecule has 1 aromatic heterocycles. The Morgan fingerprint density at radius 3 is 2.79 bits per heavy atom. The molecule has 1 aliphatic carbocycles. The number of nitrogens with two attached hydrogens (primary N) is 1. The summed E-state index contributed by atoms with van der Waals surface area (Å²) in [6.45, 7) is 6.21. The van der Waals surface area contributed by atoms with Gasteiger partial charge in [0.2, 0.25) is 0 Å². The molecule has 0 aliphatic heterocycles. The van der Waals surface area contributed by atoms with Gasteiger partial charge in [0.15, 0.2) is 0 Å². The lowest BCUT2D eigenvalue weighted by Crippen LogP contribution is -2.32. The van der Waals surface area contributed by atoms with Crippen molar-refractivity contribution >= 4 is 0 Å². The minimum atomic E-state index is -0.116. The largest absolute Gasteiger partial charge is 0.464 e. The van der Waals surface area contributed by atoms with E-state index in [4.69, 9.17) is 14.9 Å². The molecule has 0 radical (unpaired) electrons. The Bertz CT molecular complexity index is 386. The maximum Gasteiger partial charge on any atom is 0.134 e. The second-order valence-corrected chi connectivity index (χ2v) is 5.93. The van der Waals surface area contributed by atoms with Gasteiger partial charge in [-0.15, -0.1) is 0 Å². The van der Waals surface area contributed by atoms with E-state index in [0.29, 0.717) is 6.10 Å². The van der Waals surface area contributed by atoms with Crippen molar-refractivity contribution in [3.05, 3.63) is 23.7 Å². The van der Waals surface area contributed by atoms with E-state index in [2.05, 4.69) is 6.92 Å². The zero-order valence-electron chi connectivity index (χ0n) is 12.4. The van der Waals surface area contributed by atoms with Crippen molar-refractivity contribution in [1.29, 1.82) is 0 Å². The van der Waals surface area contributed by atoms with Crippen molar-refractivity contribution < 1.29 is 9.15 Å². The summed E-state index contributed by atoms with van der Waals surface area (Å²) in [5.74, 6) is 2.59.